The molecule has 0 bridgehead atoms. The van der Waals surface area contributed by atoms with Crippen LogP contribution in [0.25, 0.3) is 21.7 Å². The lowest BCUT2D eigenvalue weighted by Crippen LogP contribution is -2.50. The Morgan fingerprint density at radius 1 is 1.28 bits per heavy atom. The minimum atomic E-state index is -0.544. The minimum Gasteiger partial charge on any atom is -0.454 e. The van der Waals surface area contributed by atoms with Crippen LogP contribution in [0.2, 0.25) is 0 Å². The molecule has 1 fully saturated rings. The van der Waals surface area contributed by atoms with Gasteiger partial charge in [0, 0.05) is 17.3 Å². The average molecular weight is 355 g/mol. The molecule has 1 aliphatic rings. The highest BCUT2D eigenvalue weighted by Gasteiger charge is 2.32. The maximum Gasteiger partial charge on any atom is 0.274 e. The second-order valence-corrected chi connectivity index (χ2v) is 6.96. The number of nitrogens with zero attached hydrogens (tertiary/aromatic N) is 2. The SMILES string of the molecule is NC(=O)C1CCCCN1C(=O)c1csc(-c2cc3ccccc3o2)n1. The van der Waals surface area contributed by atoms with E-state index in [1.807, 2.05) is 30.3 Å². The number of hydrogen-bond acceptors (Lipinski definition) is 5. The molecule has 0 aliphatic carbocycles. The molecule has 2 N–H and O–H groups in total. The van der Waals surface area contributed by atoms with Gasteiger partial charge in [0.2, 0.25) is 5.91 Å². The number of primary amides is 1. The highest BCUT2D eigenvalue weighted by Crippen LogP contribution is 2.30. The van der Waals surface area contributed by atoms with E-state index in [0.717, 1.165) is 23.8 Å². The van der Waals surface area contributed by atoms with Gasteiger partial charge in [0.1, 0.15) is 17.3 Å². The summed E-state index contributed by atoms with van der Waals surface area (Å²) in [4.78, 5) is 30.4. The van der Waals surface area contributed by atoms with E-state index in [9.17, 15) is 9.59 Å². The van der Waals surface area contributed by atoms with E-state index in [4.69, 9.17) is 10.2 Å². The van der Waals surface area contributed by atoms with Crippen molar-refractivity contribution in [2.45, 2.75) is 25.3 Å². The van der Waals surface area contributed by atoms with Crippen LogP contribution in [0.4, 0.5) is 0 Å². The minimum absolute atomic E-state index is 0.248. The number of amides is 2. The third-order valence-corrected chi connectivity index (χ3v) is 5.31. The van der Waals surface area contributed by atoms with E-state index in [1.54, 1.807) is 10.3 Å². The second kappa shape index (κ2) is 6.33. The van der Waals surface area contributed by atoms with Gasteiger partial charge in [-0.3, -0.25) is 9.59 Å². The summed E-state index contributed by atoms with van der Waals surface area (Å²) in [6.45, 7) is 0.532. The first-order valence-corrected chi connectivity index (χ1v) is 9.06. The maximum absolute atomic E-state index is 12.8. The predicted molar refractivity (Wildman–Crippen MR) is 95.2 cm³/mol. The summed E-state index contributed by atoms with van der Waals surface area (Å²) in [5.74, 6) is -0.0711. The summed E-state index contributed by atoms with van der Waals surface area (Å²) in [5.41, 5.74) is 6.56. The van der Waals surface area contributed by atoms with Gasteiger partial charge in [0.05, 0.1) is 0 Å². The third-order valence-electron chi connectivity index (χ3n) is 4.45. The zero-order chi connectivity index (χ0) is 17.4. The van der Waals surface area contributed by atoms with E-state index < -0.39 is 11.9 Å². The highest BCUT2D eigenvalue weighted by atomic mass is 32.1. The van der Waals surface area contributed by atoms with Crippen LogP contribution in [-0.2, 0) is 4.79 Å². The molecule has 2 aromatic heterocycles. The Morgan fingerprint density at radius 2 is 2.12 bits per heavy atom. The lowest BCUT2D eigenvalue weighted by molar-refractivity contribution is -0.123. The van der Waals surface area contributed by atoms with Gasteiger partial charge in [-0.2, -0.15) is 0 Å². The molecule has 4 rings (SSSR count). The Hall–Kier alpha value is -2.67. The number of thiazole rings is 1. The average Bonchev–Trinajstić information content (AvgIpc) is 3.27. The number of aromatic nitrogens is 1. The number of rotatable bonds is 3. The molecule has 1 aromatic carbocycles. The zero-order valence-electron chi connectivity index (χ0n) is 13.5. The zero-order valence-corrected chi connectivity index (χ0v) is 14.3. The molecule has 0 saturated carbocycles. The van der Waals surface area contributed by atoms with Gasteiger partial charge in [-0.25, -0.2) is 4.98 Å². The molecule has 0 spiro atoms. The fourth-order valence-electron chi connectivity index (χ4n) is 3.19. The fraction of sp³-hybridized carbons (Fsp3) is 0.278. The Labute approximate surface area is 148 Å². The predicted octanol–water partition coefficient (Wildman–Crippen LogP) is 3.04. The van der Waals surface area contributed by atoms with Crippen molar-refractivity contribution in [1.82, 2.24) is 9.88 Å². The number of likely N-dealkylation sites (tertiary alicyclic amines) is 1. The van der Waals surface area contributed by atoms with Gasteiger partial charge in [-0.05, 0) is 31.4 Å². The fourth-order valence-corrected chi connectivity index (χ4v) is 3.93. The number of piperidine rings is 1. The largest absolute Gasteiger partial charge is 0.454 e. The van der Waals surface area contributed by atoms with E-state index in [0.29, 0.717) is 29.4 Å². The Bertz CT molecular complexity index is 913. The first-order valence-electron chi connectivity index (χ1n) is 8.18. The van der Waals surface area contributed by atoms with Crippen LogP contribution in [0, 0.1) is 0 Å². The monoisotopic (exact) mass is 355 g/mol. The van der Waals surface area contributed by atoms with Gasteiger partial charge in [-0.15, -0.1) is 11.3 Å². The van der Waals surface area contributed by atoms with Crippen molar-refractivity contribution in [3.05, 3.63) is 41.4 Å². The molecule has 1 aliphatic heterocycles. The summed E-state index contributed by atoms with van der Waals surface area (Å²) >= 11 is 1.35. The van der Waals surface area contributed by atoms with Gasteiger partial charge < -0.3 is 15.1 Å². The number of benzene rings is 1. The molecular weight excluding hydrogens is 338 g/mol. The highest BCUT2D eigenvalue weighted by molar-refractivity contribution is 7.13. The maximum atomic E-state index is 12.8. The summed E-state index contributed by atoms with van der Waals surface area (Å²) in [6.07, 6.45) is 2.39. The topological polar surface area (TPSA) is 89.4 Å². The van der Waals surface area contributed by atoms with Crippen molar-refractivity contribution in [1.29, 1.82) is 0 Å². The smallest absolute Gasteiger partial charge is 0.274 e. The van der Waals surface area contributed by atoms with Crippen molar-refractivity contribution in [3.8, 4) is 10.8 Å². The standard InChI is InChI=1S/C18H17N3O3S/c19-16(22)13-6-3-4-8-21(13)18(23)12-10-25-17(20-12)15-9-11-5-1-2-7-14(11)24-15/h1-2,5,7,9-10,13H,3-4,6,8H2,(H2,19,22). The summed E-state index contributed by atoms with van der Waals surface area (Å²) in [6, 6.07) is 9.08. The third kappa shape index (κ3) is 2.91. The number of para-hydroxylation sites is 1. The second-order valence-electron chi connectivity index (χ2n) is 6.10. The molecule has 0 radical (unpaired) electrons. The summed E-state index contributed by atoms with van der Waals surface area (Å²) in [5, 5.41) is 3.34. The Morgan fingerprint density at radius 3 is 2.92 bits per heavy atom. The number of carbonyl (C=O) groups excluding carboxylic acids is 2. The molecule has 25 heavy (non-hydrogen) atoms. The van der Waals surface area contributed by atoms with Crippen LogP contribution < -0.4 is 5.73 Å². The first-order chi connectivity index (χ1) is 12.1. The van der Waals surface area contributed by atoms with Gasteiger partial charge in [0.15, 0.2) is 10.8 Å². The molecule has 2 amide bonds. The quantitative estimate of drug-likeness (QED) is 0.782. The van der Waals surface area contributed by atoms with Gasteiger partial charge in [0.25, 0.3) is 5.91 Å². The Balaban J connectivity index is 1.61. The Kier molecular flexibility index (Phi) is 4.01. The van der Waals surface area contributed by atoms with Crippen LogP contribution in [-0.4, -0.2) is 34.3 Å². The van der Waals surface area contributed by atoms with E-state index in [2.05, 4.69) is 4.98 Å². The van der Waals surface area contributed by atoms with Gasteiger partial charge in [-0.1, -0.05) is 18.2 Å². The number of fused-ring (bicyclic) bond motifs is 1. The van der Waals surface area contributed by atoms with Crippen molar-refractivity contribution < 1.29 is 14.0 Å². The van der Waals surface area contributed by atoms with Crippen LogP contribution in [0.5, 0.6) is 0 Å². The van der Waals surface area contributed by atoms with Crippen LogP contribution in [0.3, 0.4) is 0 Å². The van der Waals surface area contributed by atoms with E-state index >= 15 is 0 Å². The number of hydrogen-bond donors (Lipinski definition) is 1. The molecule has 128 valence electrons. The van der Waals surface area contributed by atoms with Crippen molar-refractivity contribution in [3.63, 3.8) is 0 Å². The lowest BCUT2D eigenvalue weighted by Gasteiger charge is -2.33. The molecule has 3 aromatic rings. The summed E-state index contributed by atoms with van der Waals surface area (Å²) < 4.78 is 5.80. The summed E-state index contributed by atoms with van der Waals surface area (Å²) in [7, 11) is 0. The van der Waals surface area contributed by atoms with E-state index in [-0.39, 0.29) is 5.91 Å². The van der Waals surface area contributed by atoms with Crippen LogP contribution in [0.1, 0.15) is 29.8 Å². The van der Waals surface area contributed by atoms with Crippen molar-refractivity contribution >= 4 is 34.1 Å². The molecule has 7 heteroatoms. The van der Waals surface area contributed by atoms with Crippen LogP contribution in [0.15, 0.2) is 40.1 Å². The number of furan rings is 1. The van der Waals surface area contributed by atoms with Crippen LogP contribution >= 0.6 is 11.3 Å². The molecular formula is C18H17N3O3S. The van der Waals surface area contributed by atoms with Gasteiger partial charge >= 0.3 is 0 Å². The number of carbonyl (C=O) groups is 2. The molecule has 1 atom stereocenters. The van der Waals surface area contributed by atoms with Crippen molar-refractivity contribution in [2.24, 2.45) is 5.73 Å². The van der Waals surface area contributed by atoms with Crippen molar-refractivity contribution in [2.75, 3.05) is 6.54 Å². The molecule has 6 nitrogen and oxygen atoms in total. The lowest BCUT2D eigenvalue weighted by atomic mass is 10.0. The normalized spacial score (nSPS) is 17.8. The molecule has 1 saturated heterocycles. The molecule has 3 heterocycles. The number of nitrogens with two attached hydrogens (primary N) is 1. The first kappa shape index (κ1) is 15.8. The molecule has 1 unspecified atom stereocenters. The van der Waals surface area contributed by atoms with E-state index in [1.165, 1.54) is 11.3 Å².